The molecule has 1 heterocycles. The van der Waals surface area contributed by atoms with Gasteiger partial charge in [-0.05, 0) is 23.6 Å². The minimum Gasteiger partial charge on any atom is -0.259 e. The number of hydrogen-bond acceptors (Lipinski definition) is 3. The van der Waals surface area contributed by atoms with Crippen LogP contribution in [-0.4, -0.2) is 0 Å². The minimum absolute atomic E-state index is 0.257. The number of nitrogens with zero attached hydrogens (tertiary/aromatic N) is 1. The molecule has 1 atom stereocenters. The first-order valence-electron chi connectivity index (χ1n) is 3.40. The van der Waals surface area contributed by atoms with E-state index in [2.05, 4.69) is 11.3 Å². The fourth-order valence-electron chi connectivity index (χ4n) is 0.721. The third kappa shape index (κ3) is 2.44. The number of allylic oxidation sites excluding steroid dienone is 1. The lowest BCUT2D eigenvalue weighted by molar-refractivity contribution is 0.808. The van der Waals surface area contributed by atoms with E-state index in [1.807, 2.05) is 6.20 Å². The van der Waals surface area contributed by atoms with Crippen molar-refractivity contribution in [2.75, 3.05) is 0 Å². The monoisotopic (exact) mass is 176 g/mol. The van der Waals surface area contributed by atoms with E-state index in [9.17, 15) is 0 Å². The van der Waals surface area contributed by atoms with Crippen molar-refractivity contribution in [1.29, 1.82) is 0 Å². The van der Waals surface area contributed by atoms with E-state index in [0.29, 0.717) is 0 Å². The molecule has 0 fully saturated rings. The van der Waals surface area contributed by atoms with E-state index >= 15 is 0 Å². The summed E-state index contributed by atoms with van der Waals surface area (Å²) < 4.78 is 4.08. The largest absolute Gasteiger partial charge is 0.259 e. The van der Waals surface area contributed by atoms with Crippen LogP contribution in [0, 0.1) is 0 Å². The van der Waals surface area contributed by atoms with E-state index in [0.717, 1.165) is 6.42 Å². The van der Waals surface area contributed by atoms with E-state index in [1.165, 1.54) is 17.7 Å². The van der Waals surface area contributed by atoms with E-state index in [1.54, 1.807) is 10.8 Å². The number of hydrogen-bond donors (Lipinski definition) is 1. The maximum absolute atomic E-state index is 5.57. The molecule has 0 saturated carbocycles. The second-order valence-electron chi connectivity index (χ2n) is 2.16. The zero-order valence-corrected chi connectivity index (χ0v) is 7.67. The summed E-state index contributed by atoms with van der Waals surface area (Å²) in [4.78, 5) is 1.35. The van der Waals surface area contributed by atoms with Gasteiger partial charge in [0.2, 0.25) is 0 Å². The van der Waals surface area contributed by atoms with E-state index < -0.39 is 0 Å². The van der Waals surface area contributed by atoms with Crippen LogP contribution in [0.5, 0.6) is 0 Å². The summed E-state index contributed by atoms with van der Waals surface area (Å²) in [7, 11) is 1.45. The summed E-state index contributed by atoms with van der Waals surface area (Å²) in [6.07, 6.45) is 5.58. The quantitative estimate of drug-likeness (QED) is 0.670. The molecule has 4 heteroatoms. The maximum atomic E-state index is 5.57. The molecule has 0 spiro atoms. The molecule has 0 aliphatic carbocycles. The van der Waals surface area contributed by atoms with Gasteiger partial charge in [-0.25, -0.2) is 4.36 Å². The fraction of sp³-hybridized carbons (Fsp3) is 0.667. The Hall–Kier alpha value is 0.200. The van der Waals surface area contributed by atoms with Crippen molar-refractivity contribution < 1.29 is 0 Å². The Morgan fingerprint density at radius 3 is 3.10 bits per heavy atom. The highest BCUT2D eigenvalue weighted by atomic mass is 33.1. The van der Waals surface area contributed by atoms with Crippen LogP contribution < -0.4 is 5.14 Å². The van der Waals surface area contributed by atoms with Gasteiger partial charge in [-0.2, -0.15) is 0 Å². The molecule has 1 aliphatic rings. The molecule has 1 unspecified atom stereocenters. The topological polar surface area (TPSA) is 38.4 Å². The van der Waals surface area contributed by atoms with Gasteiger partial charge >= 0.3 is 0 Å². The zero-order valence-electron chi connectivity index (χ0n) is 6.04. The Kier molecular flexibility index (Phi) is 3.45. The van der Waals surface area contributed by atoms with Crippen LogP contribution >= 0.6 is 10.8 Å². The molecule has 0 saturated heterocycles. The summed E-state index contributed by atoms with van der Waals surface area (Å²) in [5, 5.41) is 5.57. The van der Waals surface area contributed by atoms with Crippen LogP contribution in [0.3, 0.4) is 0 Å². The Bertz CT molecular complexity index is 175. The Morgan fingerprint density at radius 1 is 1.80 bits per heavy atom. The summed E-state index contributed by atoms with van der Waals surface area (Å²) >= 11 is 0. The van der Waals surface area contributed by atoms with Gasteiger partial charge in [0.05, 0.1) is 0 Å². The summed E-state index contributed by atoms with van der Waals surface area (Å²) in [5.74, 6) is 0. The van der Waals surface area contributed by atoms with Gasteiger partial charge < -0.3 is 0 Å². The second kappa shape index (κ2) is 4.16. The summed E-state index contributed by atoms with van der Waals surface area (Å²) in [6, 6.07) is 0. The predicted molar refractivity (Wildman–Crippen MR) is 49.2 cm³/mol. The minimum atomic E-state index is -0.257. The lowest BCUT2D eigenvalue weighted by atomic mass is 10.2. The van der Waals surface area contributed by atoms with Crippen LogP contribution in [-0.2, 0) is 9.91 Å². The van der Waals surface area contributed by atoms with Gasteiger partial charge in [-0.3, -0.25) is 5.14 Å². The summed E-state index contributed by atoms with van der Waals surface area (Å²) in [5.41, 5.74) is 0. The standard InChI is InChI=1S/C6H12N2S2/c1-2-3-4-6-5-8-10(7)9-6/h5H,2-4H2,1H3,(H2,7,8). The Balaban J connectivity index is 2.22. The first-order valence-corrected chi connectivity index (χ1v) is 5.97. The van der Waals surface area contributed by atoms with Gasteiger partial charge in [0, 0.05) is 21.0 Å². The number of rotatable bonds is 3. The van der Waals surface area contributed by atoms with Crippen LogP contribution in [0.15, 0.2) is 15.5 Å². The van der Waals surface area contributed by atoms with Gasteiger partial charge in [0.25, 0.3) is 0 Å². The first-order chi connectivity index (χ1) is 4.83. The summed E-state index contributed by atoms with van der Waals surface area (Å²) in [6.45, 7) is 2.19. The number of nitrogens with two attached hydrogens (primary N) is 1. The third-order valence-corrected chi connectivity index (χ3v) is 3.69. The molecule has 0 bridgehead atoms. The van der Waals surface area contributed by atoms with Crippen molar-refractivity contribution in [3.8, 4) is 0 Å². The normalized spacial score (nSPS) is 24.2. The van der Waals surface area contributed by atoms with Crippen LogP contribution in [0.2, 0.25) is 0 Å². The molecule has 2 N–H and O–H groups in total. The zero-order chi connectivity index (χ0) is 7.40. The van der Waals surface area contributed by atoms with E-state index in [-0.39, 0.29) is 9.91 Å². The van der Waals surface area contributed by atoms with Crippen molar-refractivity contribution in [1.82, 2.24) is 0 Å². The molecule has 1 aliphatic heterocycles. The SMILES string of the molecule is CCCCC1=CN=S(N)S1. The van der Waals surface area contributed by atoms with E-state index in [4.69, 9.17) is 5.14 Å². The number of unbranched alkanes of at least 4 members (excludes halogenated alkanes) is 1. The molecule has 10 heavy (non-hydrogen) atoms. The highest BCUT2D eigenvalue weighted by Crippen LogP contribution is 2.29. The third-order valence-electron chi connectivity index (χ3n) is 1.27. The van der Waals surface area contributed by atoms with Crippen molar-refractivity contribution in [2.45, 2.75) is 26.2 Å². The molecule has 0 aromatic carbocycles. The van der Waals surface area contributed by atoms with Crippen molar-refractivity contribution in [2.24, 2.45) is 9.50 Å². The lowest BCUT2D eigenvalue weighted by Crippen LogP contribution is -1.91. The van der Waals surface area contributed by atoms with Gasteiger partial charge in [-0.1, -0.05) is 13.3 Å². The highest BCUT2D eigenvalue weighted by molar-refractivity contribution is 8.71. The van der Waals surface area contributed by atoms with Crippen LogP contribution in [0.4, 0.5) is 0 Å². The van der Waals surface area contributed by atoms with Crippen molar-refractivity contribution in [3.05, 3.63) is 11.1 Å². The lowest BCUT2D eigenvalue weighted by Gasteiger charge is -1.96. The second-order valence-corrected chi connectivity index (χ2v) is 5.14. The van der Waals surface area contributed by atoms with Crippen LogP contribution in [0.25, 0.3) is 0 Å². The molecular formula is C6H12N2S2. The molecular weight excluding hydrogens is 164 g/mol. The molecule has 0 amide bonds. The van der Waals surface area contributed by atoms with Gasteiger partial charge in [-0.15, -0.1) is 0 Å². The molecule has 0 aromatic heterocycles. The Morgan fingerprint density at radius 2 is 2.60 bits per heavy atom. The van der Waals surface area contributed by atoms with Gasteiger partial charge in [0.1, 0.15) is 0 Å². The van der Waals surface area contributed by atoms with Crippen molar-refractivity contribution >= 4 is 20.7 Å². The highest BCUT2D eigenvalue weighted by Gasteiger charge is 2.04. The molecule has 1 rings (SSSR count). The Labute approximate surface area is 67.9 Å². The average Bonchev–Trinajstić information content (AvgIpc) is 2.31. The first kappa shape index (κ1) is 8.30. The average molecular weight is 176 g/mol. The maximum Gasteiger partial charge on any atom is 0.0470 e. The van der Waals surface area contributed by atoms with Gasteiger partial charge in [0.15, 0.2) is 0 Å². The molecule has 58 valence electrons. The van der Waals surface area contributed by atoms with Crippen molar-refractivity contribution in [3.63, 3.8) is 0 Å². The van der Waals surface area contributed by atoms with Crippen LogP contribution in [0.1, 0.15) is 26.2 Å². The molecule has 0 radical (unpaired) electrons. The smallest absolute Gasteiger partial charge is 0.0470 e. The molecule has 0 aromatic rings. The fourth-order valence-corrected chi connectivity index (χ4v) is 2.90. The predicted octanol–water partition coefficient (Wildman–Crippen LogP) is 2.36. The molecule has 2 nitrogen and oxygen atoms in total.